The van der Waals surface area contributed by atoms with E-state index in [1.54, 1.807) is 13.0 Å². The molecule has 0 aliphatic rings. The molecule has 2 aromatic rings. The number of amides is 2. The molecule has 1 atom stereocenters. The second-order valence-electron chi connectivity index (χ2n) is 5.00. The van der Waals surface area contributed by atoms with Crippen molar-refractivity contribution in [1.82, 2.24) is 10.9 Å². The summed E-state index contributed by atoms with van der Waals surface area (Å²) in [4.78, 5) is 23.8. The Balaban J connectivity index is 1.80. The lowest BCUT2D eigenvalue weighted by Gasteiger charge is -2.13. The van der Waals surface area contributed by atoms with E-state index in [-0.39, 0.29) is 16.7 Å². The number of rotatable bonds is 5. The number of halogens is 2. The van der Waals surface area contributed by atoms with Crippen LogP contribution in [0, 0.1) is 5.82 Å². The van der Waals surface area contributed by atoms with Crippen LogP contribution in [0.2, 0.25) is 0 Å². The third-order valence-electron chi connectivity index (χ3n) is 3.20. The van der Waals surface area contributed by atoms with Crippen molar-refractivity contribution in [2.45, 2.75) is 17.9 Å². The van der Waals surface area contributed by atoms with Crippen molar-refractivity contribution in [2.75, 3.05) is 0 Å². The van der Waals surface area contributed by atoms with Gasteiger partial charge in [-0.2, -0.15) is 0 Å². The summed E-state index contributed by atoms with van der Waals surface area (Å²) in [5, 5.41) is -0.366. The first-order chi connectivity index (χ1) is 11.5. The molecule has 2 rings (SSSR count). The lowest BCUT2D eigenvalue weighted by atomic mass is 10.2. The van der Waals surface area contributed by atoms with Crippen LogP contribution in [0.3, 0.4) is 0 Å². The molecule has 0 heterocycles. The van der Waals surface area contributed by atoms with Crippen LogP contribution >= 0.6 is 27.7 Å². The van der Waals surface area contributed by atoms with Gasteiger partial charge in [-0.25, -0.2) is 4.39 Å². The third-order valence-corrected chi connectivity index (χ3v) is 4.94. The monoisotopic (exact) mass is 410 g/mol. The molecular formula is C17H16BrFN2O2S. The summed E-state index contributed by atoms with van der Waals surface area (Å²) in [5.41, 5.74) is 5.53. The summed E-state index contributed by atoms with van der Waals surface area (Å²) in [5.74, 6) is -1.00. The zero-order valence-corrected chi connectivity index (χ0v) is 15.3. The largest absolute Gasteiger partial charge is 0.272 e. The van der Waals surface area contributed by atoms with Crippen LogP contribution in [-0.2, 0) is 10.5 Å². The van der Waals surface area contributed by atoms with Crippen molar-refractivity contribution >= 4 is 39.5 Å². The van der Waals surface area contributed by atoms with Gasteiger partial charge in [0.2, 0.25) is 0 Å². The number of thioether (sulfide) groups is 1. The van der Waals surface area contributed by atoms with E-state index in [1.165, 1.54) is 30.0 Å². The number of benzene rings is 2. The normalized spacial score (nSPS) is 11.6. The summed E-state index contributed by atoms with van der Waals surface area (Å²) in [6.45, 7) is 1.74. The number of hydrogen-bond acceptors (Lipinski definition) is 3. The molecule has 0 saturated carbocycles. The molecule has 2 amide bonds. The van der Waals surface area contributed by atoms with Gasteiger partial charge in [0, 0.05) is 10.2 Å². The Labute approximate surface area is 152 Å². The molecule has 0 saturated heterocycles. The molecule has 2 N–H and O–H groups in total. The topological polar surface area (TPSA) is 58.2 Å². The Morgan fingerprint density at radius 3 is 2.46 bits per heavy atom. The zero-order chi connectivity index (χ0) is 17.5. The molecule has 0 unspecified atom stereocenters. The van der Waals surface area contributed by atoms with Gasteiger partial charge in [0.1, 0.15) is 5.82 Å². The van der Waals surface area contributed by atoms with Crippen molar-refractivity contribution in [3.63, 3.8) is 0 Å². The van der Waals surface area contributed by atoms with Gasteiger partial charge < -0.3 is 0 Å². The number of nitrogens with one attached hydrogen (secondary N) is 2. The van der Waals surface area contributed by atoms with Gasteiger partial charge in [-0.3, -0.25) is 20.4 Å². The minimum absolute atomic E-state index is 0.118. The van der Waals surface area contributed by atoms with Crippen molar-refractivity contribution in [3.8, 4) is 0 Å². The van der Waals surface area contributed by atoms with Crippen molar-refractivity contribution in [3.05, 3.63) is 69.9 Å². The second kappa shape index (κ2) is 8.84. The van der Waals surface area contributed by atoms with Crippen LogP contribution in [0.1, 0.15) is 22.8 Å². The van der Waals surface area contributed by atoms with Crippen LogP contribution < -0.4 is 10.9 Å². The SMILES string of the molecule is C[C@H](SCc1ccc(Br)cc1)C(=O)NNC(=O)c1ccccc1F. The number of carbonyl (C=O) groups is 2. The summed E-state index contributed by atoms with van der Waals surface area (Å²) in [6, 6.07) is 13.4. The molecule has 0 aliphatic carbocycles. The van der Waals surface area contributed by atoms with Gasteiger partial charge in [0.25, 0.3) is 11.8 Å². The molecule has 4 nitrogen and oxygen atoms in total. The van der Waals surface area contributed by atoms with E-state index in [9.17, 15) is 14.0 Å². The van der Waals surface area contributed by atoms with E-state index >= 15 is 0 Å². The molecule has 2 aromatic carbocycles. The fourth-order valence-electron chi connectivity index (χ4n) is 1.81. The Kier molecular flexibility index (Phi) is 6.81. The smallest absolute Gasteiger partial charge is 0.272 e. The zero-order valence-electron chi connectivity index (χ0n) is 12.9. The molecule has 0 bridgehead atoms. The molecule has 0 aromatic heterocycles. The summed E-state index contributed by atoms with van der Waals surface area (Å²) in [7, 11) is 0. The van der Waals surface area contributed by atoms with Crippen molar-refractivity contribution < 1.29 is 14.0 Å². The van der Waals surface area contributed by atoms with E-state index in [4.69, 9.17) is 0 Å². The van der Waals surface area contributed by atoms with Gasteiger partial charge in [0.05, 0.1) is 10.8 Å². The number of hydrazine groups is 1. The van der Waals surface area contributed by atoms with Gasteiger partial charge in [-0.15, -0.1) is 11.8 Å². The molecule has 0 fully saturated rings. The maximum atomic E-state index is 13.5. The highest BCUT2D eigenvalue weighted by Gasteiger charge is 2.16. The van der Waals surface area contributed by atoms with Gasteiger partial charge >= 0.3 is 0 Å². The highest BCUT2D eigenvalue weighted by molar-refractivity contribution is 9.10. The third kappa shape index (κ3) is 5.35. The highest BCUT2D eigenvalue weighted by Crippen LogP contribution is 2.19. The first kappa shape index (κ1) is 18.5. The first-order valence-corrected chi connectivity index (χ1v) is 9.02. The van der Waals surface area contributed by atoms with Crippen LogP contribution in [0.4, 0.5) is 4.39 Å². The Morgan fingerprint density at radius 2 is 1.79 bits per heavy atom. The molecule has 7 heteroatoms. The minimum Gasteiger partial charge on any atom is -0.272 e. The average molecular weight is 411 g/mol. The van der Waals surface area contributed by atoms with Crippen LogP contribution in [0.5, 0.6) is 0 Å². The van der Waals surface area contributed by atoms with E-state index < -0.39 is 11.7 Å². The lowest BCUT2D eigenvalue weighted by Crippen LogP contribution is -2.45. The molecule has 0 radical (unpaired) electrons. The average Bonchev–Trinajstić information content (AvgIpc) is 2.59. The van der Waals surface area contributed by atoms with Gasteiger partial charge in [-0.05, 0) is 36.8 Å². The van der Waals surface area contributed by atoms with Crippen LogP contribution in [0.15, 0.2) is 53.0 Å². The second-order valence-corrected chi connectivity index (χ2v) is 7.25. The van der Waals surface area contributed by atoms with E-state index in [1.807, 2.05) is 24.3 Å². The van der Waals surface area contributed by atoms with Crippen molar-refractivity contribution in [2.24, 2.45) is 0 Å². The Morgan fingerprint density at radius 1 is 1.12 bits per heavy atom. The fourth-order valence-corrected chi connectivity index (χ4v) is 2.92. The summed E-state index contributed by atoms with van der Waals surface area (Å²) < 4.78 is 14.5. The Bertz CT molecular complexity index is 725. The van der Waals surface area contributed by atoms with Gasteiger partial charge in [-0.1, -0.05) is 40.2 Å². The van der Waals surface area contributed by atoms with E-state index in [0.717, 1.165) is 10.0 Å². The number of hydrogen-bond donors (Lipinski definition) is 2. The predicted molar refractivity (Wildman–Crippen MR) is 96.9 cm³/mol. The molecular weight excluding hydrogens is 395 g/mol. The molecule has 24 heavy (non-hydrogen) atoms. The fraction of sp³-hybridized carbons (Fsp3) is 0.176. The van der Waals surface area contributed by atoms with Crippen LogP contribution in [-0.4, -0.2) is 17.1 Å². The molecule has 0 aliphatic heterocycles. The maximum Gasteiger partial charge on any atom is 0.272 e. The molecule has 0 spiro atoms. The summed E-state index contributed by atoms with van der Waals surface area (Å²) in [6.07, 6.45) is 0. The quantitative estimate of drug-likeness (QED) is 0.739. The predicted octanol–water partition coefficient (Wildman–Crippen LogP) is 3.67. The van der Waals surface area contributed by atoms with Crippen LogP contribution in [0.25, 0.3) is 0 Å². The van der Waals surface area contributed by atoms with E-state index in [0.29, 0.717) is 5.75 Å². The van der Waals surface area contributed by atoms with Crippen molar-refractivity contribution in [1.29, 1.82) is 0 Å². The maximum absolute atomic E-state index is 13.5. The Hall–Kier alpha value is -1.86. The molecule has 126 valence electrons. The van der Waals surface area contributed by atoms with Gasteiger partial charge in [0.15, 0.2) is 0 Å². The van der Waals surface area contributed by atoms with E-state index in [2.05, 4.69) is 26.8 Å². The standard InChI is InChI=1S/C17H16BrFN2O2S/c1-11(24-10-12-6-8-13(18)9-7-12)16(22)20-21-17(23)14-4-2-3-5-15(14)19/h2-9,11H,10H2,1H3,(H,20,22)(H,21,23)/t11-/m0/s1. The first-order valence-electron chi connectivity index (χ1n) is 7.18. The summed E-state index contributed by atoms with van der Waals surface area (Å²) >= 11 is 4.81. The minimum atomic E-state index is -0.688. The number of carbonyl (C=O) groups excluding carboxylic acids is 2. The lowest BCUT2D eigenvalue weighted by molar-refractivity contribution is -0.121. The highest BCUT2D eigenvalue weighted by atomic mass is 79.9.